The summed E-state index contributed by atoms with van der Waals surface area (Å²) in [6, 6.07) is 2.81. The first-order valence-electron chi connectivity index (χ1n) is 7.36. The van der Waals surface area contributed by atoms with Gasteiger partial charge >= 0.3 is 11.7 Å². The van der Waals surface area contributed by atoms with Crippen molar-refractivity contribution in [2.75, 3.05) is 20.3 Å². The van der Waals surface area contributed by atoms with E-state index in [1.54, 1.807) is 6.92 Å². The van der Waals surface area contributed by atoms with E-state index >= 15 is 0 Å². The highest BCUT2D eigenvalue weighted by Crippen LogP contribution is 2.30. The first-order valence-corrected chi connectivity index (χ1v) is 7.36. The third kappa shape index (κ3) is 3.46. The quantitative estimate of drug-likeness (QED) is 0.613. The Kier molecular flexibility index (Phi) is 5.35. The molecule has 0 spiro atoms. The Bertz CT molecular complexity index is 661. The molecular weight excluding hydrogens is 320 g/mol. The van der Waals surface area contributed by atoms with Crippen molar-refractivity contribution in [3.63, 3.8) is 0 Å². The van der Waals surface area contributed by atoms with Gasteiger partial charge in [0.2, 0.25) is 0 Å². The van der Waals surface area contributed by atoms with E-state index in [0.717, 1.165) is 11.0 Å². The molecule has 1 aromatic rings. The number of likely N-dealkylation sites (tertiary alicyclic amines) is 1. The van der Waals surface area contributed by atoms with Gasteiger partial charge in [0.05, 0.1) is 17.6 Å². The zero-order chi connectivity index (χ0) is 17.9. The number of nitro groups is 1. The lowest BCUT2D eigenvalue weighted by Crippen LogP contribution is -2.40. The van der Waals surface area contributed by atoms with Gasteiger partial charge in [0.15, 0.2) is 5.75 Å². The molecule has 130 valence electrons. The summed E-state index contributed by atoms with van der Waals surface area (Å²) in [4.78, 5) is 35.6. The largest absolute Gasteiger partial charge is 0.487 e. The first kappa shape index (κ1) is 17.7. The average molecular weight is 338 g/mol. The number of nitro benzene ring substituents is 1. The van der Waals surface area contributed by atoms with Crippen LogP contribution in [-0.4, -0.2) is 59.2 Å². The van der Waals surface area contributed by atoms with Gasteiger partial charge in [-0.2, -0.15) is 0 Å². The Labute approximate surface area is 137 Å². The van der Waals surface area contributed by atoms with Crippen LogP contribution in [0.25, 0.3) is 0 Å². The van der Waals surface area contributed by atoms with Gasteiger partial charge in [-0.05, 0) is 19.1 Å². The second-order valence-electron chi connectivity index (χ2n) is 5.28. The van der Waals surface area contributed by atoms with E-state index in [-0.39, 0.29) is 42.7 Å². The number of rotatable bonds is 6. The molecule has 24 heavy (non-hydrogen) atoms. The molecule has 0 bridgehead atoms. The van der Waals surface area contributed by atoms with Crippen LogP contribution in [0, 0.1) is 10.1 Å². The summed E-state index contributed by atoms with van der Waals surface area (Å²) in [7, 11) is 1.44. The fraction of sp³-hybridized carbons (Fsp3) is 0.467. The van der Waals surface area contributed by atoms with Crippen molar-refractivity contribution in [3.05, 3.63) is 33.9 Å². The molecule has 1 N–H and O–H groups in total. The molecule has 2 rings (SSSR count). The van der Waals surface area contributed by atoms with E-state index in [1.165, 1.54) is 19.2 Å². The lowest BCUT2D eigenvalue weighted by molar-refractivity contribution is -0.385. The van der Waals surface area contributed by atoms with E-state index in [9.17, 15) is 24.8 Å². The molecule has 9 heteroatoms. The molecule has 2 unspecified atom stereocenters. The number of benzene rings is 1. The Morgan fingerprint density at radius 2 is 2.17 bits per heavy atom. The van der Waals surface area contributed by atoms with Gasteiger partial charge in [0.1, 0.15) is 6.04 Å². The van der Waals surface area contributed by atoms with Crippen LogP contribution in [0.3, 0.4) is 0 Å². The highest BCUT2D eigenvalue weighted by atomic mass is 16.6. The predicted octanol–water partition coefficient (Wildman–Crippen LogP) is 1.31. The summed E-state index contributed by atoms with van der Waals surface area (Å²) in [6.07, 6.45) is -0.204. The fourth-order valence-electron chi connectivity index (χ4n) is 2.66. The zero-order valence-corrected chi connectivity index (χ0v) is 13.3. The van der Waals surface area contributed by atoms with Crippen molar-refractivity contribution >= 4 is 17.6 Å². The van der Waals surface area contributed by atoms with Crippen LogP contribution in [0.4, 0.5) is 5.69 Å². The molecule has 2 atom stereocenters. The van der Waals surface area contributed by atoms with Crippen molar-refractivity contribution in [2.45, 2.75) is 25.5 Å². The number of carboxylic acid groups (broad SMARTS) is 1. The highest BCUT2D eigenvalue weighted by Gasteiger charge is 2.40. The van der Waals surface area contributed by atoms with Crippen molar-refractivity contribution in [3.8, 4) is 5.75 Å². The smallest absolute Gasteiger partial charge is 0.326 e. The molecular formula is C15H18N2O7. The maximum atomic E-state index is 12.6. The molecule has 1 aromatic carbocycles. The summed E-state index contributed by atoms with van der Waals surface area (Å²) >= 11 is 0. The number of carbonyl (C=O) groups is 2. The monoisotopic (exact) mass is 338 g/mol. The van der Waals surface area contributed by atoms with E-state index in [0.29, 0.717) is 0 Å². The van der Waals surface area contributed by atoms with Gasteiger partial charge in [-0.25, -0.2) is 4.79 Å². The number of amides is 1. The molecule has 1 amide bonds. The Morgan fingerprint density at radius 3 is 2.71 bits per heavy atom. The van der Waals surface area contributed by atoms with E-state index in [4.69, 9.17) is 9.47 Å². The Hall–Kier alpha value is -2.68. The van der Waals surface area contributed by atoms with Gasteiger partial charge < -0.3 is 19.5 Å². The van der Waals surface area contributed by atoms with Gasteiger partial charge in [-0.1, -0.05) is 0 Å². The van der Waals surface area contributed by atoms with Crippen LogP contribution in [0.2, 0.25) is 0 Å². The van der Waals surface area contributed by atoms with Crippen molar-refractivity contribution in [1.82, 2.24) is 4.90 Å². The minimum absolute atomic E-state index is 0.0353. The molecule has 1 aliphatic rings. The fourth-order valence-corrected chi connectivity index (χ4v) is 2.66. The molecule has 1 heterocycles. The molecule has 0 saturated carbocycles. The van der Waals surface area contributed by atoms with Crippen LogP contribution in [0.15, 0.2) is 18.2 Å². The maximum absolute atomic E-state index is 12.6. The molecule has 0 aliphatic carbocycles. The van der Waals surface area contributed by atoms with Crippen LogP contribution < -0.4 is 4.74 Å². The molecule has 1 aliphatic heterocycles. The summed E-state index contributed by atoms with van der Waals surface area (Å²) in [5, 5.41) is 20.4. The minimum atomic E-state index is -1.14. The minimum Gasteiger partial charge on any atom is -0.487 e. The van der Waals surface area contributed by atoms with Crippen LogP contribution >= 0.6 is 0 Å². The standard InChI is InChI=1S/C15H18N2O7/c1-3-24-13-5-4-9(6-11(13)17(21)22)14(18)16-8-10(23-2)7-12(16)15(19)20/h4-6,10,12H,3,7-8H2,1-2H3,(H,19,20). The van der Waals surface area contributed by atoms with Gasteiger partial charge in [0.25, 0.3) is 5.91 Å². The number of hydrogen-bond donors (Lipinski definition) is 1. The topological polar surface area (TPSA) is 119 Å². The highest BCUT2D eigenvalue weighted by molar-refractivity contribution is 5.97. The number of aliphatic carboxylic acids is 1. The van der Waals surface area contributed by atoms with Gasteiger partial charge in [-0.15, -0.1) is 0 Å². The Balaban J connectivity index is 2.33. The molecule has 0 aromatic heterocycles. The zero-order valence-electron chi connectivity index (χ0n) is 13.3. The van der Waals surface area contributed by atoms with Crippen molar-refractivity contribution < 1.29 is 29.1 Å². The summed E-state index contributed by atoms with van der Waals surface area (Å²) in [6.45, 7) is 2.06. The first-order chi connectivity index (χ1) is 11.4. The third-order valence-electron chi connectivity index (χ3n) is 3.84. The lowest BCUT2D eigenvalue weighted by atomic mass is 10.1. The number of hydrogen-bond acceptors (Lipinski definition) is 6. The predicted molar refractivity (Wildman–Crippen MR) is 82.1 cm³/mol. The van der Waals surface area contributed by atoms with Gasteiger partial charge in [-0.3, -0.25) is 14.9 Å². The maximum Gasteiger partial charge on any atom is 0.326 e. The van der Waals surface area contributed by atoms with Crippen LogP contribution in [0.5, 0.6) is 5.75 Å². The SMILES string of the molecule is CCOc1ccc(C(=O)N2CC(OC)CC2C(=O)O)cc1[N+](=O)[O-]. The lowest BCUT2D eigenvalue weighted by Gasteiger charge is -2.21. The third-order valence-corrected chi connectivity index (χ3v) is 3.84. The van der Waals surface area contributed by atoms with E-state index in [2.05, 4.69) is 0 Å². The molecule has 1 saturated heterocycles. The second kappa shape index (κ2) is 7.26. The van der Waals surface area contributed by atoms with Crippen LogP contribution in [-0.2, 0) is 9.53 Å². The summed E-state index contributed by atoms with van der Waals surface area (Å²) in [5.41, 5.74) is -0.301. The second-order valence-corrected chi connectivity index (χ2v) is 5.28. The number of carboxylic acids is 1. The normalized spacial score (nSPS) is 20.0. The van der Waals surface area contributed by atoms with Crippen molar-refractivity contribution in [1.29, 1.82) is 0 Å². The number of methoxy groups -OCH3 is 1. The van der Waals surface area contributed by atoms with E-state index < -0.39 is 22.8 Å². The molecule has 1 fully saturated rings. The number of carbonyl (C=O) groups excluding carboxylic acids is 1. The van der Waals surface area contributed by atoms with Crippen molar-refractivity contribution in [2.24, 2.45) is 0 Å². The number of nitrogens with zero attached hydrogens (tertiary/aromatic N) is 2. The summed E-state index contributed by atoms with van der Waals surface area (Å²) < 4.78 is 10.3. The molecule has 0 radical (unpaired) electrons. The van der Waals surface area contributed by atoms with E-state index in [1.807, 2.05) is 0 Å². The summed E-state index contributed by atoms with van der Waals surface area (Å²) in [5.74, 6) is -1.67. The molecule has 9 nitrogen and oxygen atoms in total. The number of ether oxygens (including phenoxy) is 2. The average Bonchev–Trinajstić information content (AvgIpc) is 2.99. The van der Waals surface area contributed by atoms with Gasteiger partial charge in [0, 0.05) is 31.7 Å². The Morgan fingerprint density at radius 1 is 1.46 bits per heavy atom. The van der Waals surface area contributed by atoms with Crippen LogP contribution in [0.1, 0.15) is 23.7 Å².